The fourth-order valence-electron chi connectivity index (χ4n) is 3.01. The monoisotopic (exact) mass is 312 g/mol. The van der Waals surface area contributed by atoms with E-state index in [1.807, 2.05) is 0 Å². The Morgan fingerprint density at radius 2 is 1.77 bits per heavy atom. The number of aliphatic carboxylic acids is 1. The Hall–Kier alpha value is -1.39. The Bertz CT molecular complexity index is 391. The van der Waals surface area contributed by atoms with Crippen molar-refractivity contribution in [3.05, 3.63) is 0 Å². The minimum Gasteiger partial charge on any atom is -0.481 e. The standard InChI is InChI=1S/C17H28O5/c1-12(9-10-13(2)18)6-5-11-22-17(21)15-8-4-3-7-14(15)16(19)20/h12,14-15H,3-11H2,1-2H3,(H,19,20)/t12?,14-,15+/m1/s1. The maximum atomic E-state index is 12.0. The van der Waals surface area contributed by atoms with Crippen molar-refractivity contribution in [2.45, 2.75) is 65.2 Å². The summed E-state index contributed by atoms with van der Waals surface area (Å²) in [5, 5.41) is 9.17. The quantitative estimate of drug-likeness (QED) is 0.522. The van der Waals surface area contributed by atoms with Crippen molar-refractivity contribution >= 4 is 17.7 Å². The Kier molecular flexibility index (Phi) is 8.13. The van der Waals surface area contributed by atoms with Crippen LogP contribution >= 0.6 is 0 Å². The van der Waals surface area contributed by atoms with Gasteiger partial charge in [0.15, 0.2) is 0 Å². The first-order chi connectivity index (χ1) is 10.4. The molecule has 0 aromatic heterocycles. The fraction of sp³-hybridized carbons (Fsp3) is 0.824. The van der Waals surface area contributed by atoms with Crippen molar-refractivity contribution in [2.75, 3.05) is 6.61 Å². The van der Waals surface area contributed by atoms with E-state index in [-0.39, 0.29) is 11.8 Å². The van der Waals surface area contributed by atoms with Gasteiger partial charge in [-0.3, -0.25) is 9.59 Å². The SMILES string of the molecule is CC(=O)CCC(C)CCCOC(=O)[C@H]1CCCC[C@H]1C(=O)O. The van der Waals surface area contributed by atoms with E-state index in [1.54, 1.807) is 6.92 Å². The van der Waals surface area contributed by atoms with E-state index in [4.69, 9.17) is 4.74 Å². The van der Waals surface area contributed by atoms with E-state index in [0.29, 0.717) is 31.8 Å². The number of Topliss-reactive ketones (excluding diaryl/α,β-unsaturated/α-hetero) is 1. The molecule has 5 nitrogen and oxygen atoms in total. The number of carbonyl (C=O) groups is 3. The van der Waals surface area contributed by atoms with E-state index < -0.39 is 17.8 Å². The minimum atomic E-state index is -0.889. The second-order valence-electron chi connectivity index (χ2n) is 6.49. The number of hydrogen-bond donors (Lipinski definition) is 1. The van der Waals surface area contributed by atoms with Gasteiger partial charge in [0.05, 0.1) is 18.4 Å². The predicted molar refractivity (Wildman–Crippen MR) is 82.4 cm³/mol. The molecule has 22 heavy (non-hydrogen) atoms. The average molecular weight is 312 g/mol. The number of carbonyl (C=O) groups excluding carboxylic acids is 2. The number of esters is 1. The lowest BCUT2D eigenvalue weighted by Crippen LogP contribution is -2.34. The summed E-state index contributed by atoms with van der Waals surface area (Å²) in [6, 6.07) is 0. The van der Waals surface area contributed by atoms with Crippen LogP contribution in [0.15, 0.2) is 0 Å². The third-order valence-corrected chi connectivity index (χ3v) is 4.46. The zero-order valence-electron chi connectivity index (χ0n) is 13.7. The molecular formula is C17H28O5. The summed E-state index contributed by atoms with van der Waals surface area (Å²) in [4.78, 5) is 34.1. The van der Waals surface area contributed by atoms with Crippen LogP contribution in [0.4, 0.5) is 0 Å². The first kappa shape index (κ1) is 18.7. The molecule has 1 aliphatic carbocycles. The van der Waals surface area contributed by atoms with Crippen molar-refractivity contribution in [1.82, 2.24) is 0 Å². The number of carboxylic acid groups (broad SMARTS) is 1. The van der Waals surface area contributed by atoms with E-state index in [2.05, 4.69) is 6.92 Å². The van der Waals surface area contributed by atoms with Crippen LogP contribution < -0.4 is 0 Å². The predicted octanol–water partition coefficient (Wildman–Crippen LogP) is 3.21. The van der Waals surface area contributed by atoms with Crippen molar-refractivity contribution < 1.29 is 24.2 Å². The van der Waals surface area contributed by atoms with Gasteiger partial charge in [-0.2, -0.15) is 0 Å². The minimum absolute atomic E-state index is 0.204. The first-order valence-corrected chi connectivity index (χ1v) is 8.30. The van der Waals surface area contributed by atoms with Gasteiger partial charge in [0.1, 0.15) is 5.78 Å². The number of hydrogen-bond acceptors (Lipinski definition) is 4. The molecule has 0 aliphatic heterocycles. The van der Waals surface area contributed by atoms with Crippen LogP contribution in [0.3, 0.4) is 0 Å². The van der Waals surface area contributed by atoms with E-state index in [0.717, 1.165) is 32.1 Å². The molecule has 126 valence electrons. The lowest BCUT2D eigenvalue weighted by Gasteiger charge is -2.26. The molecule has 1 rings (SSSR count). The van der Waals surface area contributed by atoms with Gasteiger partial charge in [-0.25, -0.2) is 0 Å². The zero-order chi connectivity index (χ0) is 16.5. The van der Waals surface area contributed by atoms with Crippen LogP contribution in [0.2, 0.25) is 0 Å². The largest absolute Gasteiger partial charge is 0.481 e. The van der Waals surface area contributed by atoms with Crippen molar-refractivity contribution in [3.8, 4) is 0 Å². The lowest BCUT2D eigenvalue weighted by atomic mass is 9.79. The molecule has 0 amide bonds. The van der Waals surface area contributed by atoms with Gasteiger partial charge in [0.2, 0.25) is 0 Å². The van der Waals surface area contributed by atoms with Crippen LogP contribution in [0, 0.1) is 17.8 Å². The molecule has 0 heterocycles. The number of ketones is 1. The molecular weight excluding hydrogens is 284 g/mol. The summed E-state index contributed by atoms with van der Waals surface area (Å²) in [5.41, 5.74) is 0. The lowest BCUT2D eigenvalue weighted by molar-refractivity contribution is -0.159. The molecule has 1 aliphatic rings. The van der Waals surface area contributed by atoms with E-state index in [1.165, 1.54) is 0 Å². The second-order valence-corrected chi connectivity index (χ2v) is 6.49. The van der Waals surface area contributed by atoms with Gasteiger partial charge < -0.3 is 14.6 Å². The Morgan fingerprint density at radius 3 is 2.36 bits per heavy atom. The molecule has 1 saturated carbocycles. The Labute approximate surface area is 132 Å². The average Bonchev–Trinajstić information content (AvgIpc) is 2.49. The molecule has 0 aromatic carbocycles. The van der Waals surface area contributed by atoms with Crippen LogP contribution in [-0.2, 0) is 19.1 Å². The van der Waals surface area contributed by atoms with Gasteiger partial charge in [-0.1, -0.05) is 19.8 Å². The van der Waals surface area contributed by atoms with Gasteiger partial charge in [-0.05, 0) is 44.9 Å². The Morgan fingerprint density at radius 1 is 1.14 bits per heavy atom. The van der Waals surface area contributed by atoms with Gasteiger partial charge >= 0.3 is 11.9 Å². The molecule has 0 saturated heterocycles. The summed E-state index contributed by atoms with van der Waals surface area (Å²) < 4.78 is 5.27. The van der Waals surface area contributed by atoms with Crippen LogP contribution in [-0.4, -0.2) is 29.4 Å². The smallest absolute Gasteiger partial charge is 0.309 e. The highest BCUT2D eigenvalue weighted by Crippen LogP contribution is 2.31. The van der Waals surface area contributed by atoms with Crippen LogP contribution in [0.25, 0.3) is 0 Å². The third-order valence-electron chi connectivity index (χ3n) is 4.46. The molecule has 3 atom stereocenters. The van der Waals surface area contributed by atoms with Gasteiger partial charge in [0.25, 0.3) is 0 Å². The molecule has 1 unspecified atom stereocenters. The summed E-state index contributed by atoms with van der Waals surface area (Å²) >= 11 is 0. The summed E-state index contributed by atoms with van der Waals surface area (Å²) in [6.45, 7) is 4.02. The van der Waals surface area contributed by atoms with Crippen molar-refractivity contribution in [2.24, 2.45) is 17.8 Å². The van der Waals surface area contributed by atoms with Gasteiger partial charge in [-0.15, -0.1) is 0 Å². The molecule has 0 spiro atoms. The molecule has 0 bridgehead atoms. The summed E-state index contributed by atoms with van der Waals surface area (Å²) in [5.74, 6) is -1.68. The highest BCUT2D eigenvalue weighted by molar-refractivity contribution is 5.81. The van der Waals surface area contributed by atoms with Crippen molar-refractivity contribution in [3.63, 3.8) is 0 Å². The van der Waals surface area contributed by atoms with Gasteiger partial charge in [0, 0.05) is 6.42 Å². The summed E-state index contributed by atoms with van der Waals surface area (Å²) in [7, 11) is 0. The fourth-order valence-corrected chi connectivity index (χ4v) is 3.01. The number of rotatable bonds is 9. The third kappa shape index (κ3) is 6.58. The van der Waals surface area contributed by atoms with E-state index >= 15 is 0 Å². The van der Waals surface area contributed by atoms with Crippen LogP contribution in [0.5, 0.6) is 0 Å². The molecule has 1 N–H and O–H groups in total. The highest BCUT2D eigenvalue weighted by Gasteiger charge is 2.36. The zero-order valence-corrected chi connectivity index (χ0v) is 13.7. The number of carboxylic acids is 1. The first-order valence-electron chi connectivity index (χ1n) is 8.30. The maximum Gasteiger partial charge on any atom is 0.309 e. The normalized spacial score (nSPS) is 22.8. The topological polar surface area (TPSA) is 80.7 Å². The Balaban J connectivity index is 2.24. The molecule has 0 aromatic rings. The highest BCUT2D eigenvalue weighted by atomic mass is 16.5. The molecule has 1 fully saturated rings. The maximum absolute atomic E-state index is 12.0. The van der Waals surface area contributed by atoms with Crippen molar-refractivity contribution in [1.29, 1.82) is 0 Å². The second kappa shape index (κ2) is 9.59. The van der Waals surface area contributed by atoms with E-state index in [9.17, 15) is 19.5 Å². The molecule has 5 heteroatoms. The molecule has 0 radical (unpaired) electrons. The van der Waals surface area contributed by atoms with Crippen LogP contribution in [0.1, 0.15) is 65.2 Å². The summed E-state index contributed by atoms with van der Waals surface area (Å²) in [6.07, 6.45) is 6.08. The number of ether oxygens (including phenoxy) is 1.